The van der Waals surface area contributed by atoms with Gasteiger partial charge in [0.2, 0.25) is 5.91 Å². The van der Waals surface area contributed by atoms with Gasteiger partial charge in [-0.15, -0.1) is 0 Å². The standard InChI is InChI=1S/C18H23N5O2/c1-15(24)21-9-11-22(12-10-21)18(25)19-13-16-5-2-3-6-17(16)14-23-8-4-7-20-23/h2-8H,9-14H2,1H3,(H,19,25). The van der Waals surface area contributed by atoms with Gasteiger partial charge in [0, 0.05) is 52.0 Å². The Morgan fingerprint density at radius 2 is 1.72 bits per heavy atom. The summed E-state index contributed by atoms with van der Waals surface area (Å²) in [6.45, 7) is 5.05. The van der Waals surface area contributed by atoms with Crippen molar-refractivity contribution in [3.63, 3.8) is 0 Å². The molecule has 0 atom stereocenters. The van der Waals surface area contributed by atoms with E-state index in [2.05, 4.69) is 16.5 Å². The fourth-order valence-corrected chi connectivity index (χ4v) is 2.96. The molecule has 0 saturated carbocycles. The van der Waals surface area contributed by atoms with Crippen molar-refractivity contribution in [2.45, 2.75) is 20.0 Å². The summed E-state index contributed by atoms with van der Waals surface area (Å²) in [6.07, 6.45) is 3.68. The molecule has 7 nitrogen and oxygen atoms in total. The normalized spacial score (nSPS) is 14.4. The first-order valence-electron chi connectivity index (χ1n) is 8.46. The largest absolute Gasteiger partial charge is 0.339 e. The predicted octanol–water partition coefficient (Wildman–Crippen LogP) is 1.31. The maximum Gasteiger partial charge on any atom is 0.317 e. The van der Waals surface area contributed by atoms with Crippen molar-refractivity contribution in [3.05, 3.63) is 53.9 Å². The van der Waals surface area contributed by atoms with Gasteiger partial charge in [-0.2, -0.15) is 5.10 Å². The molecule has 1 aliphatic rings. The van der Waals surface area contributed by atoms with E-state index in [0.717, 1.165) is 11.1 Å². The molecule has 0 spiro atoms. The van der Waals surface area contributed by atoms with Crippen molar-refractivity contribution < 1.29 is 9.59 Å². The van der Waals surface area contributed by atoms with Gasteiger partial charge in [0.1, 0.15) is 0 Å². The number of aromatic nitrogens is 2. The molecule has 3 amide bonds. The monoisotopic (exact) mass is 341 g/mol. The first kappa shape index (κ1) is 17.0. The van der Waals surface area contributed by atoms with Crippen molar-refractivity contribution in [1.29, 1.82) is 0 Å². The molecule has 2 heterocycles. The van der Waals surface area contributed by atoms with Gasteiger partial charge in [-0.25, -0.2) is 4.79 Å². The van der Waals surface area contributed by atoms with Gasteiger partial charge < -0.3 is 15.1 Å². The Labute approximate surface area is 147 Å². The van der Waals surface area contributed by atoms with E-state index in [9.17, 15) is 9.59 Å². The van der Waals surface area contributed by atoms with E-state index in [1.54, 1.807) is 22.9 Å². The number of rotatable bonds is 4. The second-order valence-corrected chi connectivity index (χ2v) is 6.12. The second-order valence-electron chi connectivity index (χ2n) is 6.12. The van der Waals surface area contributed by atoms with E-state index in [4.69, 9.17) is 0 Å². The van der Waals surface area contributed by atoms with Gasteiger partial charge in [-0.05, 0) is 17.2 Å². The number of piperazine rings is 1. The average Bonchev–Trinajstić information content (AvgIpc) is 3.14. The van der Waals surface area contributed by atoms with E-state index < -0.39 is 0 Å². The lowest BCUT2D eigenvalue weighted by atomic mass is 10.1. The molecule has 1 aromatic carbocycles. The highest BCUT2D eigenvalue weighted by atomic mass is 16.2. The van der Waals surface area contributed by atoms with E-state index in [-0.39, 0.29) is 11.9 Å². The lowest BCUT2D eigenvalue weighted by molar-refractivity contribution is -0.130. The molecule has 7 heteroatoms. The third kappa shape index (κ3) is 4.37. The average molecular weight is 341 g/mol. The Morgan fingerprint density at radius 3 is 2.36 bits per heavy atom. The Kier molecular flexibility index (Phi) is 5.33. The summed E-state index contributed by atoms with van der Waals surface area (Å²) in [5.41, 5.74) is 2.21. The summed E-state index contributed by atoms with van der Waals surface area (Å²) in [5.74, 6) is 0.0626. The molecule has 25 heavy (non-hydrogen) atoms. The number of nitrogens with zero attached hydrogens (tertiary/aromatic N) is 4. The molecule has 1 fully saturated rings. The van der Waals surface area contributed by atoms with Crippen LogP contribution in [0.2, 0.25) is 0 Å². The quantitative estimate of drug-likeness (QED) is 0.911. The fraction of sp³-hybridized carbons (Fsp3) is 0.389. The summed E-state index contributed by atoms with van der Waals surface area (Å²) < 4.78 is 1.86. The number of nitrogens with one attached hydrogen (secondary N) is 1. The van der Waals surface area contributed by atoms with Crippen molar-refractivity contribution in [2.75, 3.05) is 26.2 Å². The van der Waals surface area contributed by atoms with Crippen LogP contribution in [0.25, 0.3) is 0 Å². The van der Waals surface area contributed by atoms with Gasteiger partial charge in [-0.1, -0.05) is 24.3 Å². The minimum absolute atomic E-state index is 0.0626. The Bertz CT molecular complexity index is 721. The third-order valence-electron chi connectivity index (χ3n) is 4.45. The lowest BCUT2D eigenvalue weighted by Crippen LogP contribution is -2.52. The summed E-state index contributed by atoms with van der Waals surface area (Å²) >= 11 is 0. The molecule has 0 aliphatic carbocycles. The smallest absolute Gasteiger partial charge is 0.317 e. The zero-order chi connectivity index (χ0) is 17.6. The fourth-order valence-electron chi connectivity index (χ4n) is 2.96. The molecule has 1 aliphatic heterocycles. The highest BCUT2D eigenvalue weighted by molar-refractivity contribution is 5.76. The van der Waals surface area contributed by atoms with Crippen LogP contribution in [-0.2, 0) is 17.9 Å². The van der Waals surface area contributed by atoms with Gasteiger partial charge >= 0.3 is 6.03 Å². The van der Waals surface area contributed by atoms with Crippen LogP contribution in [0.5, 0.6) is 0 Å². The van der Waals surface area contributed by atoms with Crippen LogP contribution >= 0.6 is 0 Å². The van der Waals surface area contributed by atoms with E-state index in [1.807, 2.05) is 35.1 Å². The van der Waals surface area contributed by atoms with Crippen LogP contribution in [-0.4, -0.2) is 57.7 Å². The highest BCUT2D eigenvalue weighted by Gasteiger charge is 2.22. The summed E-state index contributed by atoms with van der Waals surface area (Å²) in [4.78, 5) is 27.3. The Morgan fingerprint density at radius 1 is 1.04 bits per heavy atom. The van der Waals surface area contributed by atoms with Crippen LogP contribution in [0, 0.1) is 0 Å². The number of amides is 3. The molecular weight excluding hydrogens is 318 g/mol. The first-order valence-corrected chi connectivity index (χ1v) is 8.46. The summed E-state index contributed by atoms with van der Waals surface area (Å²) in [5, 5.41) is 7.22. The van der Waals surface area contributed by atoms with Gasteiger partial charge in [-0.3, -0.25) is 9.48 Å². The minimum Gasteiger partial charge on any atom is -0.339 e. The molecular formula is C18H23N5O2. The number of urea groups is 1. The lowest BCUT2D eigenvalue weighted by Gasteiger charge is -2.34. The Balaban J connectivity index is 1.55. The van der Waals surface area contributed by atoms with Crippen molar-refractivity contribution in [3.8, 4) is 0 Å². The summed E-state index contributed by atoms with van der Waals surface area (Å²) in [7, 11) is 0. The molecule has 0 radical (unpaired) electrons. The maximum atomic E-state index is 12.4. The van der Waals surface area contributed by atoms with Crippen molar-refractivity contribution in [2.24, 2.45) is 0 Å². The topological polar surface area (TPSA) is 70.5 Å². The first-order chi connectivity index (χ1) is 12.1. The van der Waals surface area contributed by atoms with E-state index in [0.29, 0.717) is 39.3 Å². The third-order valence-corrected chi connectivity index (χ3v) is 4.45. The van der Waals surface area contributed by atoms with Crippen molar-refractivity contribution in [1.82, 2.24) is 24.9 Å². The van der Waals surface area contributed by atoms with Gasteiger partial charge in [0.25, 0.3) is 0 Å². The number of hydrogen-bond donors (Lipinski definition) is 1. The molecule has 1 saturated heterocycles. The summed E-state index contributed by atoms with van der Waals surface area (Å²) in [6, 6.07) is 9.84. The highest BCUT2D eigenvalue weighted by Crippen LogP contribution is 2.11. The van der Waals surface area contributed by atoms with Crippen LogP contribution in [0.4, 0.5) is 4.79 Å². The van der Waals surface area contributed by atoms with Gasteiger partial charge in [0.15, 0.2) is 0 Å². The SMILES string of the molecule is CC(=O)N1CCN(C(=O)NCc2ccccc2Cn2cccn2)CC1. The van der Waals surface area contributed by atoms with Crippen LogP contribution in [0.3, 0.4) is 0 Å². The predicted molar refractivity (Wildman–Crippen MR) is 93.8 cm³/mol. The number of carbonyl (C=O) groups is 2. The van der Waals surface area contributed by atoms with E-state index in [1.165, 1.54) is 0 Å². The number of benzene rings is 1. The zero-order valence-corrected chi connectivity index (χ0v) is 14.4. The molecule has 3 rings (SSSR count). The molecule has 132 valence electrons. The maximum absolute atomic E-state index is 12.4. The molecule has 2 aromatic rings. The molecule has 0 unspecified atom stereocenters. The number of carbonyl (C=O) groups excluding carboxylic acids is 2. The van der Waals surface area contributed by atoms with E-state index >= 15 is 0 Å². The van der Waals surface area contributed by atoms with Crippen LogP contribution in [0.15, 0.2) is 42.7 Å². The molecule has 1 aromatic heterocycles. The van der Waals surface area contributed by atoms with Crippen molar-refractivity contribution >= 4 is 11.9 Å². The zero-order valence-electron chi connectivity index (χ0n) is 14.4. The van der Waals surface area contributed by atoms with Crippen LogP contribution < -0.4 is 5.32 Å². The van der Waals surface area contributed by atoms with Gasteiger partial charge in [0.05, 0.1) is 6.54 Å². The minimum atomic E-state index is -0.0860. The van der Waals surface area contributed by atoms with Crippen LogP contribution in [0.1, 0.15) is 18.1 Å². The molecule has 1 N–H and O–H groups in total. The second kappa shape index (κ2) is 7.83. The Hall–Kier alpha value is -2.83. The number of hydrogen-bond acceptors (Lipinski definition) is 3. The molecule has 0 bridgehead atoms.